The Labute approximate surface area is 99.6 Å². The van der Waals surface area contributed by atoms with E-state index < -0.39 is 6.04 Å². The van der Waals surface area contributed by atoms with Crippen molar-refractivity contribution in [3.05, 3.63) is 30.1 Å². The van der Waals surface area contributed by atoms with Crippen molar-refractivity contribution in [2.24, 2.45) is 0 Å². The van der Waals surface area contributed by atoms with Crippen molar-refractivity contribution < 1.29 is 9.59 Å². The molecule has 0 aromatic carbocycles. The van der Waals surface area contributed by atoms with Crippen molar-refractivity contribution in [3.63, 3.8) is 0 Å². The summed E-state index contributed by atoms with van der Waals surface area (Å²) in [6.45, 7) is 0.693. The Hall–Kier alpha value is -1.91. The monoisotopic (exact) mass is 233 g/mol. The topological polar surface area (TPSA) is 71.1 Å². The second kappa shape index (κ2) is 5.43. The third-order valence-electron chi connectivity index (χ3n) is 2.76. The summed E-state index contributed by atoms with van der Waals surface area (Å²) in [4.78, 5) is 27.4. The third kappa shape index (κ3) is 3.03. The van der Waals surface area contributed by atoms with Gasteiger partial charge in [-0.2, -0.15) is 0 Å². The molecule has 1 fully saturated rings. The lowest BCUT2D eigenvalue weighted by atomic mass is 10.1. The number of carbonyl (C=O) groups excluding carboxylic acids is 2. The molecule has 90 valence electrons. The molecule has 0 spiro atoms. The number of aromatic nitrogens is 1. The second-order valence-corrected chi connectivity index (χ2v) is 4.05. The van der Waals surface area contributed by atoms with Crippen molar-refractivity contribution in [2.45, 2.75) is 25.3 Å². The summed E-state index contributed by atoms with van der Waals surface area (Å²) in [7, 11) is 0. The Morgan fingerprint density at radius 3 is 3.12 bits per heavy atom. The molecule has 2 amide bonds. The van der Waals surface area contributed by atoms with Crippen molar-refractivity contribution in [3.8, 4) is 0 Å². The Balaban J connectivity index is 2.00. The predicted molar refractivity (Wildman–Crippen MR) is 62.4 cm³/mol. The van der Waals surface area contributed by atoms with Gasteiger partial charge in [0.1, 0.15) is 6.04 Å². The molecule has 1 aromatic rings. The van der Waals surface area contributed by atoms with Crippen LogP contribution in [0, 0.1) is 0 Å². The fourth-order valence-corrected chi connectivity index (χ4v) is 1.82. The summed E-state index contributed by atoms with van der Waals surface area (Å²) in [5.74, 6) is -0.347. The van der Waals surface area contributed by atoms with Crippen LogP contribution in [0.1, 0.15) is 29.6 Å². The molecule has 5 nitrogen and oxygen atoms in total. The van der Waals surface area contributed by atoms with Gasteiger partial charge in [0, 0.05) is 18.9 Å². The Kier molecular flexibility index (Phi) is 3.69. The van der Waals surface area contributed by atoms with Crippen LogP contribution in [-0.2, 0) is 4.79 Å². The molecular weight excluding hydrogens is 218 g/mol. The van der Waals surface area contributed by atoms with Crippen LogP contribution in [0.4, 0.5) is 0 Å². The summed E-state index contributed by atoms with van der Waals surface area (Å²) in [5.41, 5.74) is 0.476. The zero-order chi connectivity index (χ0) is 12.1. The lowest BCUT2D eigenvalue weighted by molar-refractivity contribution is -0.122. The standard InChI is InChI=1S/C12H15N3O2/c16-11(9-4-3-6-13-8-9)15-10-5-1-2-7-14-12(10)17/h3-4,6,8,10H,1-2,5,7H2,(H,14,17)(H,15,16)/t10-/m0/s1. The summed E-state index contributed by atoms with van der Waals surface area (Å²) in [5, 5.41) is 5.52. The average molecular weight is 233 g/mol. The number of nitrogens with one attached hydrogen (secondary N) is 2. The van der Waals surface area contributed by atoms with E-state index in [0.717, 1.165) is 12.8 Å². The van der Waals surface area contributed by atoms with Gasteiger partial charge >= 0.3 is 0 Å². The van der Waals surface area contributed by atoms with Crippen molar-refractivity contribution >= 4 is 11.8 Å². The maximum atomic E-state index is 11.8. The van der Waals surface area contributed by atoms with Crippen LogP contribution in [0.3, 0.4) is 0 Å². The summed E-state index contributed by atoms with van der Waals surface area (Å²) in [6, 6.07) is 2.95. The first-order valence-corrected chi connectivity index (χ1v) is 5.76. The van der Waals surface area contributed by atoms with Crippen LogP contribution in [0.25, 0.3) is 0 Å². The molecule has 1 saturated heterocycles. The van der Waals surface area contributed by atoms with Crippen molar-refractivity contribution in [1.29, 1.82) is 0 Å². The molecule has 0 aliphatic carbocycles. The van der Waals surface area contributed by atoms with Crippen LogP contribution < -0.4 is 10.6 Å². The van der Waals surface area contributed by atoms with E-state index in [1.54, 1.807) is 18.3 Å². The number of pyridine rings is 1. The molecule has 1 aliphatic heterocycles. The minimum Gasteiger partial charge on any atom is -0.354 e. The van der Waals surface area contributed by atoms with Gasteiger partial charge in [-0.1, -0.05) is 0 Å². The lowest BCUT2D eigenvalue weighted by Crippen LogP contribution is -2.45. The van der Waals surface area contributed by atoms with Gasteiger partial charge in [0.2, 0.25) is 5.91 Å². The van der Waals surface area contributed by atoms with Gasteiger partial charge in [-0.3, -0.25) is 14.6 Å². The number of carbonyl (C=O) groups is 2. The van der Waals surface area contributed by atoms with Crippen LogP contribution in [0.15, 0.2) is 24.5 Å². The molecule has 0 unspecified atom stereocenters. The first-order chi connectivity index (χ1) is 8.27. The minimum absolute atomic E-state index is 0.0975. The van der Waals surface area contributed by atoms with Crippen LogP contribution >= 0.6 is 0 Å². The molecule has 0 bridgehead atoms. The number of hydrogen-bond donors (Lipinski definition) is 2. The fraction of sp³-hybridized carbons (Fsp3) is 0.417. The molecule has 0 saturated carbocycles. The summed E-state index contributed by atoms with van der Waals surface area (Å²) in [6.07, 6.45) is 5.69. The Morgan fingerprint density at radius 2 is 2.35 bits per heavy atom. The smallest absolute Gasteiger partial charge is 0.253 e. The average Bonchev–Trinajstić information content (AvgIpc) is 2.56. The number of nitrogens with zero attached hydrogens (tertiary/aromatic N) is 1. The maximum Gasteiger partial charge on any atom is 0.253 e. The molecule has 5 heteroatoms. The highest BCUT2D eigenvalue weighted by molar-refractivity contribution is 5.97. The van der Waals surface area contributed by atoms with Gasteiger partial charge in [-0.05, 0) is 31.4 Å². The zero-order valence-corrected chi connectivity index (χ0v) is 9.48. The van der Waals surface area contributed by atoms with E-state index in [0.29, 0.717) is 18.5 Å². The molecule has 17 heavy (non-hydrogen) atoms. The Morgan fingerprint density at radius 1 is 1.47 bits per heavy atom. The highest BCUT2D eigenvalue weighted by Crippen LogP contribution is 2.06. The van der Waals surface area contributed by atoms with Gasteiger partial charge in [0.25, 0.3) is 5.91 Å². The van der Waals surface area contributed by atoms with Crippen LogP contribution in [-0.4, -0.2) is 29.4 Å². The first-order valence-electron chi connectivity index (χ1n) is 5.76. The molecule has 1 aromatic heterocycles. The molecule has 2 heterocycles. The predicted octanol–water partition coefficient (Wildman–Crippen LogP) is 0.480. The molecule has 1 aliphatic rings. The van der Waals surface area contributed by atoms with Gasteiger partial charge in [0.05, 0.1) is 5.56 Å². The SMILES string of the molecule is O=C(N[C@H]1CCCCNC1=O)c1cccnc1. The fourth-order valence-electron chi connectivity index (χ4n) is 1.82. The van der Waals surface area contributed by atoms with Gasteiger partial charge in [0.15, 0.2) is 0 Å². The van der Waals surface area contributed by atoms with Crippen LogP contribution in [0.5, 0.6) is 0 Å². The van der Waals surface area contributed by atoms with E-state index in [1.165, 1.54) is 6.20 Å². The maximum absolute atomic E-state index is 11.8. The molecule has 2 N–H and O–H groups in total. The van der Waals surface area contributed by atoms with Crippen LogP contribution in [0.2, 0.25) is 0 Å². The van der Waals surface area contributed by atoms with E-state index in [4.69, 9.17) is 0 Å². The Bertz CT molecular complexity index is 405. The second-order valence-electron chi connectivity index (χ2n) is 4.05. The quantitative estimate of drug-likeness (QED) is 0.780. The number of rotatable bonds is 2. The lowest BCUT2D eigenvalue weighted by Gasteiger charge is -2.14. The van der Waals surface area contributed by atoms with Crippen molar-refractivity contribution in [1.82, 2.24) is 15.6 Å². The van der Waals surface area contributed by atoms with E-state index in [2.05, 4.69) is 15.6 Å². The van der Waals surface area contributed by atoms with Crippen molar-refractivity contribution in [2.75, 3.05) is 6.54 Å². The van der Waals surface area contributed by atoms with Gasteiger partial charge < -0.3 is 10.6 Å². The minimum atomic E-state index is -0.426. The number of amides is 2. The molecular formula is C12H15N3O2. The van der Waals surface area contributed by atoms with E-state index in [9.17, 15) is 9.59 Å². The molecule has 0 radical (unpaired) electrons. The summed E-state index contributed by atoms with van der Waals surface area (Å²) >= 11 is 0. The first kappa shape index (κ1) is 11.6. The van der Waals surface area contributed by atoms with E-state index in [1.807, 2.05) is 0 Å². The highest BCUT2D eigenvalue weighted by Gasteiger charge is 2.22. The summed E-state index contributed by atoms with van der Waals surface area (Å²) < 4.78 is 0. The highest BCUT2D eigenvalue weighted by atomic mass is 16.2. The molecule has 2 rings (SSSR count). The number of hydrogen-bond acceptors (Lipinski definition) is 3. The largest absolute Gasteiger partial charge is 0.354 e. The van der Waals surface area contributed by atoms with Gasteiger partial charge in [-0.25, -0.2) is 0 Å². The van der Waals surface area contributed by atoms with E-state index in [-0.39, 0.29) is 11.8 Å². The van der Waals surface area contributed by atoms with Gasteiger partial charge in [-0.15, -0.1) is 0 Å². The third-order valence-corrected chi connectivity index (χ3v) is 2.76. The zero-order valence-electron chi connectivity index (χ0n) is 9.48. The molecule has 1 atom stereocenters. The normalized spacial score (nSPS) is 20.2. The van der Waals surface area contributed by atoms with E-state index >= 15 is 0 Å².